The van der Waals surface area contributed by atoms with Crippen molar-refractivity contribution in [3.8, 4) is 5.75 Å². The van der Waals surface area contributed by atoms with E-state index >= 15 is 0 Å². The van der Waals surface area contributed by atoms with Gasteiger partial charge in [0.05, 0.1) is 7.11 Å². The van der Waals surface area contributed by atoms with Gasteiger partial charge in [0.25, 0.3) is 0 Å². The number of carboxylic acid groups (broad SMARTS) is 1. The molecule has 0 bridgehead atoms. The topological polar surface area (TPSA) is 87.7 Å². The van der Waals surface area contributed by atoms with E-state index in [1.165, 1.54) is 6.08 Å². The van der Waals surface area contributed by atoms with Gasteiger partial charge in [0.2, 0.25) is 0 Å². The van der Waals surface area contributed by atoms with Crippen molar-refractivity contribution in [2.75, 3.05) is 12.4 Å². The highest BCUT2D eigenvalue weighted by molar-refractivity contribution is 5.92. The van der Waals surface area contributed by atoms with Gasteiger partial charge in [-0.15, -0.1) is 6.58 Å². The molecule has 1 aromatic rings. The number of aryl methyl sites for hydroxylation is 1. The lowest BCUT2D eigenvalue weighted by atomic mass is 10.2. The van der Waals surface area contributed by atoms with Crippen LogP contribution in [0.15, 0.2) is 30.9 Å². The second-order valence-corrected chi connectivity index (χ2v) is 4.20. The summed E-state index contributed by atoms with van der Waals surface area (Å²) in [5.74, 6) is -0.392. The Kier molecular flexibility index (Phi) is 5.58. The number of benzene rings is 1. The van der Waals surface area contributed by atoms with Crippen molar-refractivity contribution in [1.82, 2.24) is 5.32 Å². The number of hydrogen-bond donors (Lipinski definition) is 3. The average Bonchev–Trinajstić information content (AvgIpc) is 2.38. The summed E-state index contributed by atoms with van der Waals surface area (Å²) < 4.78 is 5.12. The van der Waals surface area contributed by atoms with Crippen LogP contribution < -0.4 is 15.4 Å². The largest absolute Gasteiger partial charge is 0.496 e. The molecule has 0 aliphatic heterocycles. The molecule has 6 heteroatoms. The standard InChI is InChI=1S/C14H18N2O4/c1-4-5-11(13(17)18)16-14(19)15-10-6-7-12(20-3)9(2)8-10/h4,6-8,11H,1,5H2,2-3H3,(H,17,18)(H2,15,16,19). The lowest BCUT2D eigenvalue weighted by Crippen LogP contribution is -2.42. The van der Waals surface area contributed by atoms with Crippen LogP contribution in [0.1, 0.15) is 12.0 Å². The zero-order chi connectivity index (χ0) is 15.1. The van der Waals surface area contributed by atoms with Gasteiger partial charge >= 0.3 is 12.0 Å². The second-order valence-electron chi connectivity index (χ2n) is 4.20. The van der Waals surface area contributed by atoms with Crippen molar-refractivity contribution < 1.29 is 19.4 Å². The van der Waals surface area contributed by atoms with Gasteiger partial charge in [-0.1, -0.05) is 6.08 Å². The number of carboxylic acids is 1. The molecule has 1 atom stereocenters. The van der Waals surface area contributed by atoms with Crippen LogP contribution in [0.3, 0.4) is 0 Å². The van der Waals surface area contributed by atoms with E-state index in [2.05, 4.69) is 17.2 Å². The third kappa shape index (κ3) is 4.31. The van der Waals surface area contributed by atoms with Crippen molar-refractivity contribution in [3.63, 3.8) is 0 Å². The summed E-state index contributed by atoms with van der Waals surface area (Å²) >= 11 is 0. The fraction of sp³-hybridized carbons (Fsp3) is 0.286. The Morgan fingerprint density at radius 2 is 2.20 bits per heavy atom. The minimum Gasteiger partial charge on any atom is -0.496 e. The highest BCUT2D eigenvalue weighted by atomic mass is 16.5. The Hall–Kier alpha value is -2.50. The smallest absolute Gasteiger partial charge is 0.326 e. The summed E-state index contributed by atoms with van der Waals surface area (Å²) in [4.78, 5) is 22.6. The van der Waals surface area contributed by atoms with Gasteiger partial charge in [0.1, 0.15) is 11.8 Å². The molecule has 0 radical (unpaired) electrons. The minimum absolute atomic E-state index is 0.157. The van der Waals surface area contributed by atoms with Crippen LogP contribution >= 0.6 is 0 Å². The molecule has 0 aliphatic rings. The summed E-state index contributed by atoms with van der Waals surface area (Å²) in [6, 6.07) is 3.57. The van der Waals surface area contributed by atoms with Crippen LogP contribution in [0.25, 0.3) is 0 Å². The molecule has 6 nitrogen and oxygen atoms in total. The molecule has 20 heavy (non-hydrogen) atoms. The molecule has 1 unspecified atom stereocenters. The number of urea groups is 1. The fourth-order valence-electron chi connectivity index (χ4n) is 1.67. The van der Waals surface area contributed by atoms with E-state index in [0.717, 1.165) is 5.56 Å². The Bertz CT molecular complexity index is 514. The third-order valence-electron chi connectivity index (χ3n) is 2.66. The number of amides is 2. The van der Waals surface area contributed by atoms with Crippen LogP contribution in [0, 0.1) is 6.92 Å². The van der Waals surface area contributed by atoms with Crippen molar-refractivity contribution >= 4 is 17.7 Å². The number of carbonyl (C=O) groups is 2. The van der Waals surface area contributed by atoms with E-state index in [-0.39, 0.29) is 6.42 Å². The summed E-state index contributed by atoms with van der Waals surface area (Å²) in [5.41, 5.74) is 1.43. The van der Waals surface area contributed by atoms with Gasteiger partial charge in [-0.3, -0.25) is 0 Å². The minimum atomic E-state index is -1.11. The lowest BCUT2D eigenvalue weighted by molar-refractivity contribution is -0.139. The van der Waals surface area contributed by atoms with Crippen LogP contribution in [0.2, 0.25) is 0 Å². The molecule has 1 aromatic carbocycles. The van der Waals surface area contributed by atoms with Gasteiger partial charge in [0.15, 0.2) is 0 Å². The fourth-order valence-corrected chi connectivity index (χ4v) is 1.67. The maximum atomic E-state index is 11.7. The number of methoxy groups -OCH3 is 1. The molecule has 0 fully saturated rings. The Balaban J connectivity index is 2.68. The van der Waals surface area contributed by atoms with E-state index < -0.39 is 18.0 Å². The predicted octanol–water partition coefficient (Wildman–Crippen LogP) is 2.15. The second kappa shape index (κ2) is 7.18. The van der Waals surface area contributed by atoms with E-state index in [4.69, 9.17) is 9.84 Å². The number of rotatable bonds is 6. The highest BCUT2D eigenvalue weighted by Gasteiger charge is 2.18. The third-order valence-corrected chi connectivity index (χ3v) is 2.66. The molecule has 1 rings (SSSR count). The number of anilines is 1. The maximum absolute atomic E-state index is 11.7. The molecule has 0 heterocycles. The number of hydrogen-bond acceptors (Lipinski definition) is 3. The van der Waals surface area contributed by atoms with Gasteiger partial charge < -0.3 is 20.5 Å². The molecule has 0 saturated heterocycles. The quantitative estimate of drug-likeness (QED) is 0.696. The zero-order valence-corrected chi connectivity index (χ0v) is 11.5. The molecular weight excluding hydrogens is 260 g/mol. The number of nitrogens with one attached hydrogen (secondary N) is 2. The maximum Gasteiger partial charge on any atom is 0.326 e. The van der Waals surface area contributed by atoms with Crippen molar-refractivity contribution in [1.29, 1.82) is 0 Å². The number of aliphatic carboxylic acids is 1. The summed E-state index contributed by atoms with van der Waals surface area (Å²) in [6.45, 7) is 5.30. The first-order chi connectivity index (χ1) is 9.47. The normalized spacial score (nSPS) is 11.3. The molecule has 0 spiro atoms. The zero-order valence-electron chi connectivity index (χ0n) is 11.5. The van der Waals surface area contributed by atoms with Crippen molar-refractivity contribution in [2.45, 2.75) is 19.4 Å². The van der Waals surface area contributed by atoms with Crippen LogP contribution in [-0.4, -0.2) is 30.3 Å². The van der Waals surface area contributed by atoms with Gasteiger partial charge in [-0.25, -0.2) is 9.59 Å². The van der Waals surface area contributed by atoms with Gasteiger partial charge in [0, 0.05) is 5.69 Å². The van der Waals surface area contributed by atoms with E-state index in [9.17, 15) is 9.59 Å². The summed E-state index contributed by atoms with van der Waals surface area (Å²) in [6.07, 6.45) is 1.60. The summed E-state index contributed by atoms with van der Waals surface area (Å²) in [5, 5.41) is 13.9. The first-order valence-electron chi connectivity index (χ1n) is 6.03. The molecule has 2 amide bonds. The van der Waals surface area contributed by atoms with Crippen LogP contribution in [0.5, 0.6) is 5.75 Å². The Labute approximate surface area is 117 Å². The van der Waals surface area contributed by atoms with Crippen molar-refractivity contribution in [2.24, 2.45) is 0 Å². The Morgan fingerprint density at radius 3 is 2.70 bits per heavy atom. The molecule has 0 aliphatic carbocycles. The highest BCUT2D eigenvalue weighted by Crippen LogP contribution is 2.21. The van der Waals surface area contributed by atoms with Crippen molar-refractivity contribution in [3.05, 3.63) is 36.4 Å². The molecular formula is C14H18N2O4. The van der Waals surface area contributed by atoms with Gasteiger partial charge in [-0.2, -0.15) is 0 Å². The van der Waals surface area contributed by atoms with Crippen LogP contribution in [0.4, 0.5) is 10.5 Å². The number of ether oxygens (including phenoxy) is 1. The first-order valence-corrected chi connectivity index (χ1v) is 6.03. The van der Waals surface area contributed by atoms with E-state index in [0.29, 0.717) is 11.4 Å². The van der Waals surface area contributed by atoms with E-state index in [1.807, 2.05) is 6.92 Å². The molecule has 0 saturated carbocycles. The van der Waals surface area contributed by atoms with Gasteiger partial charge in [-0.05, 0) is 37.1 Å². The predicted molar refractivity (Wildman–Crippen MR) is 76.1 cm³/mol. The molecule has 108 valence electrons. The lowest BCUT2D eigenvalue weighted by Gasteiger charge is -2.14. The van der Waals surface area contributed by atoms with Crippen LogP contribution in [-0.2, 0) is 4.79 Å². The number of carbonyl (C=O) groups excluding carboxylic acids is 1. The summed E-state index contributed by atoms with van der Waals surface area (Å²) in [7, 11) is 1.56. The SMILES string of the molecule is C=CCC(NC(=O)Nc1ccc(OC)c(C)c1)C(=O)O. The molecule has 0 aromatic heterocycles. The molecule has 3 N–H and O–H groups in total. The monoisotopic (exact) mass is 278 g/mol. The first kappa shape index (κ1) is 15.6. The van der Waals surface area contributed by atoms with E-state index in [1.54, 1.807) is 25.3 Å². The Morgan fingerprint density at radius 1 is 1.50 bits per heavy atom. The average molecular weight is 278 g/mol.